The van der Waals surface area contributed by atoms with Crippen molar-refractivity contribution in [3.8, 4) is 5.69 Å². The maximum Gasteiger partial charge on any atom is 0.335 e. The average molecular weight is 468 g/mol. The Hall–Kier alpha value is -3.33. The molecule has 2 fully saturated rings. The van der Waals surface area contributed by atoms with Gasteiger partial charge >= 0.3 is 5.97 Å². The molecule has 0 atom stereocenters. The average Bonchev–Trinajstić information content (AvgIpc) is 3.23. The Bertz CT molecular complexity index is 1160. The fourth-order valence-electron chi connectivity index (χ4n) is 4.24. The van der Waals surface area contributed by atoms with Gasteiger partial charge in [0.1, 0.15) is 6.54 Å². The number of nitrogens with zero attached hydrogens (tertiary/aromatic N) is 3. The van der Waals surface area contributed by atoms with Crippen molar-refractivity contribution in [1.82, 2.24) is 14.4 Å². The maximum absolute atomic E-state index is 12.9. The lowest BCUT2D eigenvalue weighted by Crippen LogP contribution is -2.44. The van der Waals surface area contributed by atoms with Crippen LogP contribution in [0.15, 0.2) is 35.2 Å². The Morgan fingerprint density at radius 3 is 2.36 bits per heavy atom. The topological polar surface area (TPSA) is 99.9 Å². The summed E-state index contributed by atoms with van der Waals surface area (Å²) in [6.45, 7) is 4.93. The van der Waals surface area contributed by atoms with Gasteiger partial charge < -0.3 is 14.6 Å². The first-order valence-electron chi connectivity index (χ1n) is 10.8. The van der Waals surface area contributed by atoms with E-state index in [-0.39, 0.29) is 22.9 Å². The van der Waals surface area contributed by atoms with E-state index in [1.807, 2.05) is 24.5 Å². The number of carboxylic acids is 1. The molecule has 1 aromatic carbocycles. The summed E-state index contributed by atoms with van der Waals surface area (Å²) in [4.78, 5) is 52.1. The molecule has 2 saturated heterocycles. The predicted molar refractivity (Wildman–Crippen MR) is 125 cm³/mol. The van der Waals surface area contributed by atoms with E-state index in [1.54, 1.807) is 35.2 Å². The van der Waals surface area contributed by atoms with E-state index in [2.05, 4.69) is 0 Å². The third kappa shape index (κ3) is 4.59. The molecule has 8 nitrogen and oxygen atoms in total. The normalized spacial score (nSPS) is 17.8. The molecule has 3 heterocycles. The highest BCUT2D eigenvalue weighted by molar-refractivity contribution is 8.18. The second kappa shape index (κ2) is 9.27. The molecule has 2 aromatic rings. The van der Waals surface area contributed by atoms with E-state index in [0.29, 0.717) is 13.1 Å². The van der Waals surface area contributed by atoms with Crippen molar-refractivity contribution in [2.45, 2.75) is 33.1 Å². The number of rotatable bonds is 5. The maximum atomic E-state index is 12.9. The zero-order chi connectivity index (χ0) is 23.7. The summed E-state index contributed by atoms with van der Waals surface area (Å²) < 4.78 is 1.96. The first-order valence-corrected chi connectivity index (χ1v) is 11.6. The van der Waals surface area contributed by atoms with Gasteiger partial charge in [0.25, 0.3) is 11.1 Å². The monoisotopic (exact) mass is 467 g/mol. The van der Waals surface area contributed by atoms with Gasteiger partial charge in [0.05, 0.1) is 10.5 Å². The summed E-state index contributed by atoms with van der Waals surface area (Å²) in [5.74, 6) is -1.63. The molecule has 172 valence electrons. The Morgan fingerprint density at radius 2 is 1.73 bits per heavy atom. The molecule has 4 rings (SSSR count). The second-order valence-corrected chi connectivity index (χ2v) is 9.22. The molecule has 0 bridgehead atoms. The van der Waals surface area contributed by atoms with E-state index in [1.165, 1.54) is 0 Å². The lowest BCUT2D eigenvalue weighted by Gasteiger charge is -2.27. The molecule has 1 N–H and O–H groups in total. The van der Waals surface area contributed by atoms with Crippen molar-refractivity contribution in [1.29, 1.82) is 0 Å². The standard InChI is InChI=1S/C24H25N3O5S/c1-15-12-18(16(2)27(15)19-8-6-17(7-9-19)23(30)31)13-20-22(29)26(24(32)33-20)14-21(28)25-10-4-3-5-11-25/h6-9,12-13H,3-5,10-11,14H2,1-2H3,(H,30,31)/b20-13-. The van der Waals surface area contributed by atoms with Gasteiger partial charge in [-0.15, -0.1) is 0 Å². The van der Waals surface area contributed by atoms with Gasteiger partial charge in [0.15, 0.2) is 0 Å². The van der Waals surface area contributed by atoms with Gasteiger partial charge in [-0.1, -0.05) is 0 Å². The third-order valence-electron chi connectivity index (χ3n) is 6.01. The molecule has 3 amide bonds. The molecule has 2 aliphatic rings. The summed E-state index contributed by atoms with van der Waals surface area (Å²) in [7, 11) is 0. The number of piperidine rings is 1. The first kappa shape index (κ1) is 22.8. The van der Waals surface area contributed by atoms with Crippen LogP contribution in [0.5, 0.6) is 0 Å². The van der Waals surface area contributed by atoms with Crippen molar-refractivity contribution < 1.29 is 24.3 Å². The van der Waals surface area contributed by atoms with Crippen LogP contribution >= 0.6 is 11.8 Å². The van der Waals surface area contributed by atoms with Crippen molar-refractivity contribution in [2.75, 3.05) is 19.6 Å². The molecule has 0 radical (unpaired) electrons. The summed E-state index contributed by atoms with van der Waals surface area (Å²) in [5, 5.41) is 8.68. The SMILES string of the molecule is Cc1cc(/C=C2\SC(=O)N(CC(=O)N3CCCCC3)C2=O)c(C)n1-c1ccc(C(=O)O)cc1. The molecule has 0 saturated carbocycles. The quantitative estimate of drug-likeness (QED) is 0.671. The minimum absolute atomic E-state index is 0.193. The fraction of sp³-hybridized carbons (Fsp3) is 0.333. The molecule has 1 aromatic heterocycles. The van der Waals surface area contributed by atoms with E-state index >= 15 is 0 Å². The van der Waals surface area contributed by atoms with Crippen LogP contribution in [-0.2, 0) is 9.59 Å². The van der Waals surface area contributed by atoms with Gasteiger partial charge in [0.2, 0.25) is 5.91 Å². The highest BCUT2D eigenvalue weighted by Gasteiger charge is 2.37. The van der Waals surface area contributed by atoms with Crippen molar-refractivity contribution >= 4 is 40.9 Å². The Labute approximate surface area is 195 Å². The number of imide groups is 1. The zero-order valence-corrected chi connectivity index (χ0v) is 19.4. The molecular weight excluding hydrogens is 442 g/mol. The van der Waals surface area contributed by atoms with Crippen LogP contribution in [0.1, 0.15) is 46.6 Å². The number of aryl methyl sites for hydroxylation is 1. The predicted octanol–water partition coefficient (Wildman–Crippen LogP) is 3.84. The minimum Gasteiger partial charge on any atom is -0.478 e. The Morgan fingerprint density at radius 1 is 1.06 bits per heavy atom. The van der Waals surface area contributed by atoms with Crippen molar-refractivity contribution in [3.63, 3.8) is 0 Å². The van der Waals surface area contributed by atoms with Crippen LogP contribution in [0.4, 0.5) is 4.79 Å². The number of carbonyl (C=O) groups is 4. The number of carbonyl (C=O) groups excluding carboxylic acids is 3. The lowest BCUT2D eigenvalue weighted by molar-refractivity contribution is -0.136. The van der Waals surface area contributed by atoms with E-state index < -0.39 is 17.1 Å². The largest absolute Gasteiger partial charge is 0.478 e. The number of benzene rings is 1. The number of thioether (sulfide) groups is 1. The number of hydrogen-bond donors (Lipinski definition) is 1. The Balaban J connectivity index is 1.55. The number of aromatic nitrogens is 1. The zero-order valence-electron chi connectivity index (χ0n) is 18.5. The molecule has 9 heteroatoms. The smallest absolute Gasteiger partial charge is 0.335 e. The van der Waals surface area contributed by atoms with Crippen LogP contribution in [0.25, 0.3) is 11.8 Å². The van der Waals surface area contributed by atoms with Crippen molar-refractivity contribution in [2.24, 2.45) is 0 Å². The van der Waals surface area contributed by atoms with Crippen LogP contribution in [-0.4, -0.2) is 62.1 Å². The van der Waals surface area contributed by atoms with E-state index in [9.17, 15) is 19.2 Å². The lowest BCUT2D eigenvalue weighted by atomic mass is 10.1. The molecule has 33 heavy (non-hydrogen) atoms. The number of aromatic carboxylic acids is 1. The second-order valence-electron chi connectivity index (χ2n) is 8.22. The van der Waals surface area contributed by atoms with Gasteiger partial charge in [0, 0.05) is 30.2 Å². The van der Waals surface area contributed by atoms with Crippen LogP contribution < -0.4 is 0 Å². The molecule has 0 spiro atoms. The highest BCUT2D eigenvalue weighted by atomic mass is 32.2. The molecule has 0 aliphatic carbocycles. The summed E-state index contributed by atoms with van der Waals surface area (Å²) in [6, 6.07) is 8.45. The van der Waals surface area contributed by atoms with Gasteiger partial charge in [-0.25, -0.2) is 4.79 Å². The molecule has 2 aliphatic heterocycles. The minimum atomic E-state index is -0.988. The summed E-state index contributed by atoms with van der Waals surface area (Å²) >= 11 is 0.843. The van der Waals surface area contributed by atoms with E-state index in [0.717, 1.165) is 58.6 Å². The number of carboxylic acid groups (broad SMARTS) is 1. The number of likely N-dealkylation sites (tertiary alicyclic amines) is 1. The van der Waals surface area contributed by atoms with Crippen LogP contribution in [0.2, 0.25) is 0 Å². The van der Waals surface area contributed by atoms with Crippen LogP contribution in [0, 0.1) is 13.8 Å². The van der Waals surface area contributed by atoms with Gasteiger partial charge in [-0.05, 0) is 86.8 Å². The summed E-state index contributed by atoms with van der Waals surface area (Å²) in [5.41, 5.74) is 3.54. The van der Waals surface area contributed by atoms with Gasteiger partial charge in [-0.3, -0.25) is 19.3 Å². The molecular formula is C24H25N3O5S. The van der Waals surface area contributed by atoms with E-state index in [4.69, 9.17) is 5.11 Å². The highest BCUT2D eigenvalue weighted by Crippen LogP contribution is 2.34. The molecule has 0 unspecified atom stereocenters. The number of amides is 3. The van der Waals surface area contributed by atoms with Crippen molar-refractivity contribution in [3.05, 3.63) is 57.8 Å². The number of hydrogen-bond acceptors (Lipinski definition) is 5. The van der Waals surface area contributed by atoms with Gasteiger partial charge in [-0.2, -0.15) is 0 Å². The Kier molecular flexibility index (Phi) is 6.42. The summed E-state index contributed by atoms with van der Waals surface area (Å²) in [6.07, 6.45) is 4.67. The van der Waals surface area contributed by atoms with Crippen LogP contribution in [0.3, 0.4) is 0 Å². The third-order valence-corrected chi connectivity index (χ3v) is 6.91. The first-order chi connectivity index (χ1) is 15.8. The fourth-order valence-corrected chi connectivity index (χ4v) is 5.07.